The minimum atomic E-state index is -0.448. The Labute approximate surface area is 126 Å². The van der Waals surface area contributed by atoms with Gasteiger partial charge >= 0.3 is 5.97 Å². The summed E-state index contributed by atoms with van der Waals surface area (Å²) in [6.07, 6.45) is 0.0108. The Kier molecular flexibility index (Phi) is 6.51. The highest BCUT2D eigenvalue weighted by molar-refractivity contribution is 14.2. The zero-order chi connectivity index (χ0) is 14.4. The number of carbonyl (C=O) groups excluding carboxylic acids is 2. The monoisotopic (exact) mass is 396 g/mol. The summed E-state index contributed by atoms with van der Waals surface area (Å²) in [6, 6.07) is 3.10. The number of hydrogen-bond donors (Lipinski definition) is 1. The van der Waals surface area contributed by atoms with Crippen LogP contribution in [0.5, 0.6) is 11.5 Å². The SMILES string of the molecule is COC(=O)CCC(=O)c1c(C)cc(OPI)cc1O. The van der Waals surface area contributed by atoms with Crippen molar-refractivity contribution in [3.05, 3.63) is 23.3 Å². The molecule has 0 radical (unpaired) electrons. The Morgan fingerprint density at radius 1 is 1.37 bits per heavy atom. The lowest BCUT2D eigenvalue weighted by atomic mass is 10.00. The van der Waals surface area contributed by atoms with E-state index in [-0.39, 0.29) is 36.4 Å². The van der Waals surface area contributed by atoms with Gasteiger partial charge in [-0.15, -0.1) is 0 Å². The minimum absolute atomic E-state index is 0.00159. The molecule has 0 aromatic heterocycles. The Hall–Kier alpha value is -0.880. The second kappa shape index (κ2) is 7.65. The number of Topliss-reactive ketones (excluding diaryl/α,β-unsaturated/α-hetero) is 1. The third-order valence-electron chi connectivity index (χ3n) is 2.51. The molecule has 1 N–H and O–H groups in total. The second-order valence-corrected chi connectivity index (χ2v) is 5.49. The van der Waals surface area contributed by atoms with Crippen molar-refractivity contribution in [3.63, 3.8) is 0 Å². The van der Waals surface area contributed by atoms with Crippen molar-refractivity contribution >= 4 is 40.2 Å². The highest BCUT2D eigenvalue weighted by Crippen LogP contribution is 2.33. The molecule has 0 saturated heterocycles. The molecule has 0 aliphatic rings. The number of aromatic hydroxyl groups is 1. The Bertz CT molecular complexity index is 466. The van der Waals surface area contributed by atoms with Crippen LogP contribution in [-0.4, -0.2) is 24.0 Å². The van der Waals surface area contributed by atoms with Crippen molar-refractivity contribution in [3.8, 4) is 11.5 Å². The smallest absolute Gasteiger partial charge is 0.305 e. The Balaban J connectivity index is 2.88. The van der Waals surface area contributed by atoms with E-state index in [1.807, 2.05) is 0 Å². The lowest BCUT2D eigenvalue weighted by Crippen LogP contribution is -2.07. The van der Waals surface area contributed by atoms with Gasteiger partial charge < -0.3 is 14.4 Å². The van der Waals surface area contributed by atoms with E-state index in [9.17, 15) is 14.7 Å². The number of phenols is 1. The standard InChI is InChI=1S/C12H14IO5P/c1-7-5-8(18-19-13)6-10(15)12(7)9(14)3-4-11(16)17-2/h5-6,15,19H,3-4H2,1-2H3. The maximum Gasteiger partial charge on any atom is 0.305 e. The number of aryl methyl sites for hydroxylation is 1. The largest absolute Gasteiger partial charge is 0.507 e. The van der Waals surface area contributed by atoms with Gasteiger partial charge in [0, 0.05) is 12.5 Å². The van der Waals surface area contributed by atoms with E-state index in [0.29, 0.717) is 11.3 Å². The number of rotatable bonds is 6. The molecule has 0 aliphatic heterocycles. The molecule has 0 bridgehead atoms. The van der Waals surface area contributed by atoms with Crippen LogP contribution < -0.4 is 4.52 Å². The summed E-state index contributed by atoms with van der Waals surface area (Å²) >= 11 is 2.07. The molecule has 1 aromatic carbocycles. The van der Waals surface area contributed by atoms with Gasteiger partial charge in [-0.1, -0.05) is 0 Å². The first-order chi connectivity index (χ1) is 8.99. The number of ketones is 1. The number of halogens is 1. The third-order valence-corrected chi connectivity index (χ3v) is 3.48. The van der Waals surface area contributed by atoms with Crippen LogP contribution in [0.25, 0.3) is 0 Å². The fourth-order valence-electron chi connectivity index (χ4n) is 1.65. The average molecular weight is 396 g/mol. The maximum absolute atomic E-state index is 12.0. The van der Waals surface area contributed by atoms with Crippen molar-refractivity contribution in [1.82, 2.24) is 0 Å². The van der Waals surface area contributed by atoms with E-state index in [4.69, 9.17) is 4.52 Å². The number of methoxy groups -OCH3 is 1. The van der Waals surface area contributed by atoms with Crippen molar-refractivity contribution < 1.29 is 24.0 Å². The molecule has 5 nitrogen and oxygen atoms in total. The van der Waals surface area contributed by atoms with Gasteiger partial charge in [-0.05, 0) is 40.6 Å². The van der Waals surface area contributed by atoms with Gasteiger partial charge in [0.1, 0.15) is 17.9 Å². The predicted molar refractivity (Wildman–Crippen MR) is 81.4 cm³/mol. The van der Waals surface area contributed by atoms with E-state index < -0.39 is 5.97 Å². The van der Waals surface area contributed by atoms with Gasteiger partial charge in [0.2, 0.25) is 0 Å². The number of benzene rings is 1. The molecule has 1 atom stereocenters. The van der Waals surface area contributed by atoms with Crippen LogP contribution in [0.1, 0.15) is 28.8 Å². The molecule has 0 saturated carbocycles. The summed E-state index contributed by atoms with van der Waals surface area (Å²) < 4.78 is 9.76. The molecule has 19 heavy (non-hydrogen) atoms. The van der Waals surface area contributed by atoms with Crippen molar-refractivity contribution in [1.29, 1.82) is 0 Å². The van der Waals surface area contributed by atoms with E-state index in [2.05, 4.69) is 26.8 Å². The Morgan fingerprint density at radius 2 is 2.05 bits per heavy atom. The molecule has 0 fully saturated rings. The van der Waals surface area contributed by atoms with Gasteiger partial charge in [0.05, 0.1) is 19.1 Å². The van der Waals surface area contributed by atoms with Crippen molar-refractivity contribution in [2.24, 2.45) is 0 Å². The molecule has 7 heteroatoms. The number of esters is 1. The van der Waals surface area contributed by atoms with Crippen LogP contribution in [0.2, 0.25) is 0 Å². The number of carbonyl (C=O) groups is 2. The summed E-state index contributed by atoms with van der Waals surface area (Å²) in [7, 11) is 1.27. The molecule has 0 amide bonds. The van der Waals surface area contributed by atoms with Crippen molar-refractivity contribution in [2.45, 2.75) is 19.8 Å². The zero-order valence-electron chi connectivity index (χ0n) is 10.5. The molecule has 0 aliphatic carbocycles. The van der Waals surface area contributed by atoms with Crippen LogP contribution in [0.3, 0.4) is 0 Å². The van der Waals surface area contributed by atoms with Crippen molar-refractivity contribution in [2.75, 3.05) is 7.11 Å². The molecular weight excluding hydrogens is 382 g/mol. The first-order valence-corrected chi connectivity index (χ1v) is 9.48. The quantitative estimate of drug-likeness (QED) is 0.346. The minimum Gasteiger partial charge on any atom is -0.507 e. The average Bonchev–Trinajstić information content (AvgIpc) is 2.35. The second-order valence-electron chi connectivity index (χ2n) is 3.81. The van der Waals surface area contributed by atoms with Crippen LogP contribution in [0.4, 0.5) is 0 Å². The first kappa shape index (κ1) is 16.2. The number of phenolic OH excluding ortho intramolecular Hbond substituents is 1. The van der Waals surface area contributed by atoms with Gasteiger partial charge in [0.25, 0.3) is 0 Å². The molecule has 0 spiro atoms. The fourth-order valence-corrected chi connectivity index (χ4v) is 2.61. The number of hydrogen-bond acceptors (Lipinski definition) is 5. The fraction of sp³-hybridized carbons (Fsp3) is 0.333. The van der Waals surface area contributed by atoms with Crippen LogP contribution in [0.15, 0.2) is 12.1 Å². The van der Waals surface area contributed by atoms with Crippen LogP contribution in [-0.2, 0) is 9.53 Å². The topological polar surface area (TPSA) is 72.8 Å². The molecule has 0 heterocycles. The van der Waals surface area contributed by atoms with E-state index >= 15 is 0 Å². The maximum atomic E-state index is 12.0. The zero-order valence-corrected chi connectivity index (χ0v) is 13.7. The normalized spacial score (nSPS) is 10.7. The highest BCUT2D eigenvalue weighted by atomic mass is 127. The molecule has 1 aromatic rings. The van der Waals surface area contributed by atoms with Gasteiger partial charge in [-0.2, -0.15) is 0 Å². The molecule has 104 valence electrons. The van der Waals surface area contributed by atoms with Crippen LogP contribution >= 0.6 is 28.5 Å². The summed E-state index contributed by atoms with van der Waals surface area (Å²) in [6.45, 7) is 1.95. The Morgan fingerprint density at radius 3 is 2.58 bits per heavy atom. The summed E-state index contributed by atoms with van der Waals surface area (Å²) in [5.41, 5.74) is 0.854. The van der Waals surface area contributed by atoms with E-state index in [0.717, 1.165) is 0 Å². The van der Waals surface area contributed by atoms with E-state index in [1.54, 1.807) is 13.0 Å². The lowest BCUT2D eigenvalue weighted by Gasteiger charge is -2.10. The van der Waals surface area contributed by atoms with Gasteiger partial charge in [-0.25, -0.2) is 0 Å². The first-order valence-electron chi connectivity index (χ1n) is 5.45. The third kappa shape index (κ3) is 4.62. The summed E-state index contributed by atoms with van der Waals surface area (Å²) in [4.78, 5) is 23.0. The lowest BCUT2D eigenvalue weighted by molar-refractivity contribution is -0.140. The predicted octanol–water partition coefficient (Wildman–Crippen LogP) is 3.16. The van der Waals surface area contributed by atoms with Gasteiger partial charge in [0.15, 0.2) is 5.78 Å². The van der Waals surface area contributed by atoms with Gasteiger partial charge in [-0.3, -0.25) is 9.59 Å². The summed E-state index contributed by atoms with van der Waals surface area (Å²) in [5, 5.41) is 9.88. The molecule has 1 rings (SSSR count). The van der Waals surface area contributed by atoms with E-state index in [1.165, 1.54) is 13.2 Å². The summed E-state index contributed by atoms with van der Waals surface area (Å²) in [5.74, 6) is -0.341. The molecule has 1 unspecified atom stereocenters. The highest BCUT2D eigenvalue weighted by Gasteiger charge is 2.17. The number of ether oxygens (including phenoxy) is 1. The van der Waals surface area contributed by atoms with Crippen LogP contribution in [0, 0.1) is 6.92 Å². The molecular formula is C12H14IO5P.